The van der Waals surface area contributed by atoms with Crippen molar-refractivity contribution < 1.29 is 18.1 Å². The summed E-state index contributed by atoms with van der Waals surface area (Å²) >= 11 is 1.72. The Labute approximate surface area is 163 Å². The number of rotatable bonds is 4. The summed E-state index contributed by atoms with van der Waals surface area (Å²) in [7, 11) is -3.03. The largest absolute Gasteiger partial charge is 0.345 e. The summed E-state index contributed by atoms with van der Waals surface area (Å²) in [4.78, 5) is 18.7. The highest BCUT2D eigenvalue weighted by molar-refractivity contribution is 7.91. The van der Waals surface area contributed by atoms with Crippen LogP contribution in [0.3, 0.4) is 0 Å². The van der Waals surface area contributed by atoms with E-state index >= 15 is 0 Å². The molecule has 0 spiro atoms. The van der Waals surface area contributed by atoms with E-state index in [2.05, 4.69) is 11.4 Å². The van der Waals surface area contributed by atoms with Gasteiger partial charge in [0, 0.05) is 6.42 Å². The molecule has 2 saturated heterocycles. The Hall–Kier alpha value is -1.51. The van der Waals surface area contributed by atoms with Crippen LogP contribution >= 0.6 is 11.3 Å². The van der Waals surface area contributed by atoms with Crippen LogP contribution in [0, 0.1) is 0 Å². The maximum Gasteiger partial charge on any atom is 0.275 e. The van der Waals surface area contributed by atoms with E-state index in [-0.39, 0.29) is 23.5 Å². The number of hydrogen-bond donors (Lipinski definition) is 2. The van der Waals surface area contributed by atoms with Crippen molar-refractivity contribution in [3.05, 3.63) is 29.3 Å². The third kappa shape index (κ3) is 4.17. The highest BCUT2D eigenvalue weighted by Crippen LogP contribution is 2.28. The summed E-state index contributed by atoms with van der Waals surface area (Å²) in [5, 5.41) is 4.11. The minimum Gasteiger partial charge on any atom is -0.345 e. The van der Waals surface area contributed by atoms with E-state index in [1.165, 1.54) is 9.60 Å². The highest BCUT2D eigenvalue weighted by atomic mass is 32.2. The maximum atomic E-state index is 12.7. The fourth-order valence-corrected chi connectivity index (χ4v) is 7.58. The molecule has 3 atom stereocenters. The number of aromatic nitrogens is 1. The normalized spacial score (nSPS) is 30.4. The first-order valence-electron chi connectivity index (χ1n) is 9.55. The van der Waals surface area contributed by atoms with Gasteiger partial charge in [0.1, 0.15) is 6.04 Å². The Bertz CT molecular complexity index is 923. The molecule has 1 unspecified atom stereocenters. The Morgan fingerprint density at radius 2 is 2.19 bits per heavy atom. The third-order valence-electron chi connectivity index (χ3n) is 5.67. The van der Waals surface area contributed by atoms with Crippen LogP contribution in [-0.4, -0.2) is 49.4 Å². The molecular weight excluding hydrogens is 382 g/mol. The molecule has 0 aliphatic carbocycles. The van der Waals surface area contributed by atoms with Gasteiger partial charge in [-0.1, -0.05) is 12.1 Å². The molecule has 3 heterocycles. The average molecular weight is 409 g/mol. The standard InChI is InChI=1S/C19H25N3O3S2/c1-19(9-11-27(24,25)13-19)21-17(23)12-22-10-5-4-7-15(22)18-20-14-6-2-3-8-16(14)26-18/h2-3,6,8,15H,4-5,7,9-13H2,1H3,(H,21,23)/p+1/t15-,19-/m1/s1. The Morgan fingerprint density at radius 3 is 2.93 bits per heavy atom. The van der Waals surface area contributed by atoms with Crippen molar-refractivity contribution in [3.63, 3.8) is 0 Å². The number of piperidine rings is 1. The van der Waals surface area contributed by atoms with E-state index in [9.17, 15) is 13.2 Å². The van der Waals surface area contributed by atoms with Crippen LogP contribution in [0.2, 0.25) is 0 Å². The second-order valence-electron chi connectivity index (χ2n) is 8.10. The van der Waals surface area contributed by atoms with Crippen LogP contribution < -0.4 is 10.2 Å². The van der Waals surface area contributed by atoms with Crippen molar-refractivity contribution >= 4 is 37.3 Å². The topological polar surface area (TPSA) is 80.6 Å². The Kier molecular flexibility index (Phi) is 4.98. The predicted molar refractivity (Wildman–Crippen MR) is 107 cm³/mol. The van der Waals surface area contributed by atoms with E-state index in [1.54, 1.807) is 11.3 Å². The number of para-hydroxylation sites is 1. The van der Waals surface area contributed by atoms with Gasteiger partial charge in [-0.25, -0.2) is 13.4 Å². The van der Waals surface area contributed by atoms with Crippen LogP contribution in [0.1, 0.15) is 43.7 Å². The first-order chi connectivity index (χ1) is 12.8. The van der Waals surface area contributed by atoms with Crippen molar-refractivity contribution in [1.82, 2.24) is 10.3 Å². The molecule has 1 aromatic carbocycles. The highest BCUT2D eigenvalue weighted by Gasteiger charge is 2.40. The van der Waals surface area contributed by atoms with Gasteiger partial charge >= 0.3 is 0 Å². The first kappa shape index (κ1) is 18.8. The monoisotopic (exact) mass is 408 g/mol. The van der Waals surface area contributed by atoms with Crippen molar-refractivity contribution in [2.24, 2.45) is 0 Å². The minimum atomic E-state index is -3.03. The van der Waals surface area contributed by atoms with E-state index in [1.807, 2.05) is 25.1 Å². The number of quaternary nitrogens is 1. The molecule has 27 heavy (non-hydrogen) atoms. The van der Waals surface area contributed by atoms with E-state index < -0.39 is 15.4 Å². The summed E-state index contributed by atoms with van der Waals surface area (Å²) in [6.07, 6.45) is 3.79. The van der Waals surface area contributed by atoms with Gasteiger partial charge in [-0.05, 0) is 38.3 Å². The Morgan fingerprint density at radius 1 is 1.37 bits per heavy atom. The molecule has 1 aromatic heterocycles. The molecule has 1 amide bonds. The second-order valence-corrected chi connectivity index (χ2v) is 11.4. The zero-order valence-corrected chi connectivity index (χ0v) is 17.2. The number of amides is 1. The molecule has 8 heteroatoms. The second kappa shape index (κ2) is 7.14. The summed E-state index contributed by atoms with van der Waals surface area (Å²) < 4.78 is 24.7. The van der Waals surface area contributed by atoms with Crippen molar-refractivity contribution in [2.75, 3.05) is 24.6 Å². The lowest BCUT2D eigenvalue weighted by molar-refractivity contribution is -0.929. The molecule has 2 aliphatic rings. The summed E-state index contributed by atoms with van der Waals surface area (Å²) in [5.41, 5.74) is 0.395. The average Bonchev–Trinajstić information content (AvgIpc) is 3.15. The smallest absolute Gasteiger partial charge is 0.275 e. The SMILES string of the molecule is C[C@@]1(NC(=O)C[NH+]2CCCC[C@@H]2c2nc3ccccc3s2)CCS(=O)(=O)C1. The molecule has 2 N–H and O–H groups in total. The van der Waals surface area contributed by atoms with Gasteiger partial charge in [0.15, 0.2) is 21.4 Å². The quantitative estimate of drug-likeness (QED) is 0.794. The van der Waals surface area contributed by atoms with Crippen LogP contribution in [0.5, 0.6) is 0 Å². The molecule has 2 aliphatic heterocycles. The number of sulfone groups is 1. The summed E-state index contributed by atoms with van der Waals surface area (Å²) in [5.74, 6) is 0.148. The molecular formula is C19H26N3O3S2+. The Balaban J connectivity index is 1.47. The van der Waals surface area contributed by atoms with Crippen molar-refractivity contribution in [1.29, 1.82) is 0 Å². The third-order valence-corrected chi connectivity index (χ3v) is 8.73. The van der Waals surface area contributed by atoms with E-state index in [0.29, 0.717) is 13.0 Å². The van der Waals surface area contributed by atoms with Gasteiger partial charge in [0.2, 0.25) is 0 Å². The molecule has 146 valence electrons. The number of thiazole rings is 1. The molecule has 6 nitrogen and oxygen atoms in total. The number of nitrogens with one attached hydrogen (secondary N) is 2. The molecule has 2 fully saturated rings. The summed E-state index contributed by atoms with van der Waals surface area (Å²) in [6.45, 7) is 3.16. The first-order valence-corrected chi connectivity index (χ1v) is 12.2. The van der Waals surface area contributed by atoms with Crippen molar-refractivity contribution in [2.45, 2.75) is 44.2 Å². The zero-order valence-electron chi connectivity index (χ0n) is 15.5. The van der Waals surface area contributed by atoms with Crippen LogP contribution in [0.4, 0.5) is 0 Å². The number of hydrogen-bond acceptors (Lipinski definition) is 5. The lowest BCUT2D eigenvalue weighted by Crippen LogP contribution is -3.14. The number of likely N-dealkylation sites (tertiary alicyclic amines) is 1. The molecule has 0 radical (unpaired) electrons. The maximum absolute atomic E-state index is 12.7. The minimum absolute atomic E-state index is 0.0440. The van der Waals surface area contributed by atoms with Gasteiger partial charge in [-0.2, -0.15) is 0 Å². The molecule has 0 saturated carbocycles. The lowest BCUT2D eigenvalue weighted by Gasteiger charge is -2.32. The molecule has 2 aromatic rings. The van der Waals surface area contributed by atoms with Gasteiger partial charge in [0.05, 0.1) is 33.8 Å². The fraction of sp³-hybridized carbons (Fsp3) is 0.579. The van der Waals surface area contributed by atoms with Gasteiger partial charge < -0.3 is 10.2 Å². The lowest BCUT2D eigenvalue weighted by atomic mass is 10.0. The molecule has 0 bridgehead atoms. The molecule has 4 rings (SSSR count). The van der Waals surface area contributed by atoms with Crippen molar-refractivity contribution in [3.8, 4) is 0 Å². The summed E-state index contributed by atoms with van der Waals surface area (Å²) in [6, 6.07) is 8.39. The number of benzene rings is 1. The fourth-order valence-electron chi connectivity index (χ4n) is 4.32. The van der Waals surface area contributed by atoms with Crippen LogP contribution in [0.15, 0.2) is 24.3 Å². The predicted octanol–water partition coefficient (Wildman–Crippen LogP) is 1.10. The zero-order chi connectivity index (χ0) is 19.1. The number of fused-ring (bicyclic) bond motifs is 1. The van der Waals surface area contributed by atoms with E-state index in [0.717, 1.165) is 36.3 Å². The van der Waals surface area contributed by atoms with Gasteiger partial charge in [0.25, 0.3) is 5.91 Å². The van der Waals surface area contributed by atoms with Gasteiger partial charge in [-0.3, -0.25) is 4.79 Å². The number of carbonyl (C=O) groups excluding carboxylic acids is 1. The van der Waals surface area contributed by atoms with Crippen LogP contribution in [0.25, 0.3) is 10.2 Å². The van der Waals surface area contributed by atoms with E-state index in [4.69, 9.17) is 4.98 Å². The van der Waals surface area contributed by atoms with Gasteiger partial charge in [-0.15, -0.1) is 11.3 Å². The van der Waals surface area contributed by atoms with Crippen LogP contribution in [-0.2, 0) is 14.6 Å². The number of carbonyl (C=O) groups is 1. The number of nitrogens with zero attached hydrogens (tertiary/aromatic N) is 1.